The highest BCUT2D eigenvalue weighted by molar-refractivity contribution is 5.75. The highest BCUT2D eigenvalue weighted by atomic mass is 16.5. The molecule has 0 unspecified atom stereocenters. The van der Waals surface area contributed by atoms with Crippen molar-refractivity contribution in [1.82, 2.24) is 14.5 Å². The van der Waals surface area contributed by atoms with Gasteiger partial charge in [0, 0.05) is 44.0 Å². The van der Waals surface area contributed by atoms with Crippen LogP contribution in [0.15, 0.2) is 30.6 Å². The summed E-state index contributed by atoms with van der Waals surface area (Å²) in [4.78, 5) is 6.91. The molecule has 0 saturated carbocycles. The van der Waals surface area contributed by atoms with Crippen molar-refractivity contribution < 1.29 is 4.74 Å². The molecule has 0 radical (unpaired) electrons. The number of hydrogen-bond donors (Lipinski definition) is 0. The van der Waals surface area contributed by atoms with Crippen LogP contribution < -0.4 is 0 Å². The Hall–Kier alpha value is -1.39. The number of aryl methyl sites for hydroxylation is 1. The largest absolute Gasteiger partial charge is 0.379 e. The molecule has 1 fully saturated rings. The summed E-state index contributed by atoms with van der Waals surface area (Å²) in [6, 6.07) is 6.23. The maximum absolute atomic E-state index is 5.35. The summed E-state index contributed by atoms with van der Waals surface area (Å²) in [6.45, 7) is 6.10. The summed E-state index contributed by atoms with van der Waals surface area (Å²) in [5, 5.41) is 1.23. The first-order chi connectivity index (χ1) is 8.93. The second-order valence-corrected chi connectivity index (χ2v) is 4.73. The average molecular weight is 245 g/mol. The van der Waals surface area contributed by atoms with Gasteiger partial charge in [-0.1, -0.05) is 0 Å². The van der Waals surface area contributed by atoms with Gasteiger partial charge in [0.2, 0.25) is 0 Å². The van der Waals surface area contributed by atoms with Gasteiger partial charge < -0.3 is 9.30 Å². The lowest BCUT2D eigenvalue weighted by atomic mass is 10.3. The van der Waals surface area contributed by atoms with E-state index in [0.717, 1.165) is 45.0 Å². The molecule has 4 nitrogen and oxygen atoms in total. The molecule has 3 heterocycles. The fourth-order valence-electron chi connectivity index (χ4n) is 2.49. The second kappa shape index (κ2) is 5.50. The van der Waals surface area contributed by atoms with E-state index >= 15 is 0 Å². The Morgan fingerprint density at radius 1 is 1.17 bits per heavy atom. The Labute approximate surface area is 107 Å². The first kappa shape index (κ1) is 11.7. The standard InChI is InChI=1S/C14H19N3O/c1-3-13-4-8-17(14(13)15-5-1)7-2-6-16-9-11-18-12-10-16/h1,3-5,8H,2,6-7,9-12H2. The van der Waals surface area contributed by atoms with E-state index in [1.54, 1.807) is 0 Å². The van der Waals surface area contributed by atoms with Crippen LogP contribution in [0.2, 0.25) is 0 Å². The van der Waals surface area contributed by atoms with Crippen LogP contribution >= 0.6 is 0 Å². The van der Waals surface area contributed by atoms with E-state index in [0.29, 0.717) is 0 Å². The van der Waals surface area contributed by atoms with Gasteiger partial charge in [-0.05, 0) is 24.6 Å². The number of rotatable bonds is 4. The molecule has 1 aliphatic rings. The number of pyridine rings is 1. The minimum Gasteiger partial charge on any atom is -0.379 e. The van der Waals surface area contributed by atoms with Gasteiger partial charge in [0.25, 0.3) is 0 Å². The minimum atomic E-state index is 0.883. The van der Waals surface area contributed by atoms with E-state index in [-0.39, 0.29) is 0 Å². The number of morpholine rings is 1. The van der Waals surface area contributed by atoms with E-state index in [1.807, 2.05) is 12.3 Å². The smallest absolute Gasteiger partial charge is 0.139 e. The van der Waals surface area contributed by atoms with Crippen molar-refractivity contribution >= 4 is 11.0 Å². The van der Waals surface area contributed by atoms with E-state index in [2.05, 4.69) is 32.8 Å². The summed E-state index contributed by atoms with van der Waals surface area (Å²) in [5.41, 5.74) is 1.10. The maximum atomic E-state index is 5.35. The molecule has 96 valence electrons. The average Bonchev–Trinajstić information content (AvgIpc) is 2.84. The Balaban J connectivity index is 1.56. The molecule has 0 aromatic carbocycles. The van der Waals surface area contributed by atoms with Crippen molar-refractivity contribution in [3.63, 3.8) is 0 Å². The van der Waals surface area contributed by atoms with E-state index < -0.39 is 0 Å². The molecular weight excluding hydrogens is 226 g/mol. The SMILES string of the molecule is c1cnc2c(c1)ccn2CCCN1CCOCC1. The third kappa shape index (κ3) is 2.54. The summed E-state index contributed by atoms with van der Waals surface area (Å²) < 4.78 is 7.60. The van der Waals surface area contributed by atoms with E-state index in [9.17, 15) is 0 Å². The van der Waals surface area contributed by atoms with Gasteiger partial charge in [-0.2, -0.15) is 0 Å². The van der Waals surface area contributed by atoms with Gasteiger partial charge in [-0.25, -0.2) is 4.98 Å². The minimum absolute atomic E-state index is 0.883. The summed E-state index contributed by atoms with van der Waals surface area (Å²) in [5.74, 6) is 0. The van der Waals surface area contributed by atoms with Crippen molar-refractivity contribution in [1.29, 1.82) is 0 Å². The Kier molecular flexibility index (Phi) is 3.57. The predicted octanol–water partition coefficient (Wildman–Crippen LogP) is 1.76. The molecule has 0 amide bonds. The van der Waals surface area contributed by atoms with Gasteiger partial charge in [0.1, 0.15) is 5.65 Å². The van der Waals surface area contributed by atoms with Crippen LogP contribution in [0.25, 0.3) is 11.0 Å². The fourth-order valence-corrected chi connectivity index (χ4v) is 2.49. The third-order valence-electron chi connectivity index (χ3n) is 3.50. The molecule has 18 heavy (non-hydrogen) atoms. The highest BCUT2D eigenvalue weighted by Crippen LogP contribution is 2.12. The van der Waals surface area contributed by atoms with Crippen LogP contribution in [0, 0.1) is 0 Å². The highest BCUT2D eigenvalue weighted by Gasteiger charge is 2.09. The first-order valence-electron chi connectivity index (χ1n) is 6.63. The van der Waals surface area contributed by atoms with Crippen LogP contribution in [0.4, 0.5) is 0 Å². The van der Waals surface area contributed by atoms with Crippen molar-refractivity contribution in [2.24, 2.45) is 0 Å². The molecule has 0 spiro atoms. The zero-order chi connectivity index (χ0) is 12.2. The topological polar surface area (TPSA) is 30.3 Å². The van der Waals surface area contributed by atoms with Gasteiger partial charge in [-0.3, -0.25) is 4.90 Å². The van der Waals surface area contributed by atoms with Crippen LogP contribution in [-0.2, 0) is 11.3 Å². The Bertz CT molecular complexity index is 502. The molecule has 3 rings (SSSR count). The maximum Gasteiger partial charge on any atom is 0.139 e. The molecule has 1 aliphatic heterocycles. The quantitative estimate of drug-likeness (QED) is 0.822. The second-order valence-electron chi connectivity index (χ2n) is 4.73. The van der Waals surface area contributed by atoms with Crippen molar-refractivity contribution in [2.45, 2.75) is 13.0 Å². The summed E-state index contributed by atoms with van der Waals surface area (Å²) in [7, 11) is 0. The Morgan fingerprint density at radius 3 is 2.94 bits per heavy atom. The number of aromatic nitrogens is 2. The predicted molar refractivity (Wildman–Crippen MR) is 71.6 cm³/mol. The molecule has 0 aliphatic carbocycles. The monoisotopic (exact) mass is 245 g/mol. The third-order valence-corrected chi connectivity index (χ3v) is 3.50. The zero-order valence-corrected chi connectivity index (χ0v) is 10.6. The van der Waals surface area contributed by atoms with Gasteiger partial charge in [-0.15, -0.1) is 0 Å². The van der Waals surface area contributed by atoms with E-state index in [1.165, 1.54) is 11.8 Å². The van der Waals surface area contributed by atoms with Gasteiger partial charge in [0.05, 0.1) is 13.2 Å². The lowest BCUT2D eigenvalue weighted by molar-refractivity contribution is 0.0369. The van der Waals surface area contributed by atoms with Gasteiger partial charge in [0.15, 0.2) is 0 Å². The van der Waals surface area contributed by atoms with E-state index in [4.69, 9.17) is 4.74 Å². The molecule has 0 bridgehead atoms. The van der Waals surface area contributed by atoms with Crippen LogP contribution in [0.3, 0.4) is 0 Å². The first-order valence-corrected chi connectivity index (χ1v) is 6.63. The fraction of sp³-hybridized carbons (Fsp3) is 0.500. The molecule has 2 aromatic rings. The van der Waals surface area contributed by atoms with Crippen LogP contribution in [0.5, 0.6) is 0 Å². The number of ether oxygens (including phenoxy) is 1. The molecule has 0 atom stereocenters. The van der Waals surface area contributed by atoms with Crippen molar-refractivity contribution in [3.05, 3.63) is 30.6 Å². The molecule has 2 aromatic heterocycles. The Morgan fingerprint density at radius 2 is 2.06 bits per heavy atom. The van der Waals surface area contributed by atoms with Crippen LogP contribution in [0.1, 0.15) is 6.42 Å². The zero-order valence-electron chi connectivity index (χ0n) is 10.6. The lowest BCUT2D eigenvalue weighted by Gasteiger charge is -2.26. The van der Waals surface area contributed by atoms with Crippen molar-refractivity contribution in [2.75, 3.05) is 32.8 Å². The lowest BCUT2D eigenvalue weighted by Crippen LogP contribution is -2.37. The molecular formula is C14H19N3O. The number of fused-ring (bicyclic) bond motifs is 1. The number of hydrogen-bond acceptors (Lipinski definition) is 3. The van der Waals surface area contributed by atoms with Crippen LogP contribution in [-0.4, -0.2) is 47.3 Å². The molecule has 4 heteroatoms. The molecule has 1 saturated heterocycles. The molecule has 0 N–H and O–H groups in total. The normalized spacial score (nSPS) is 17.3. The van der Waals surface area contributed by atoms with Crippen molar-refractivity contribution in [3.8, 4) is 0 Å². The summed E-state index contributed by atoms with van der Waals surface area (Å²) >= 11 is 0. The van der Waals surface area contributed by atoms with Gasteiger partial charge >= 0.3 is 0 Å². The summed E-state index contributed by atoms with van der Waals surface area (Å²) in [6.07, 6.45) is 5.16. The number of nitrogens with zero attached hydrogens (tertiary/aromatic N) is 3.